The molecule has 0 spiro atoms. The Hall–Kier alpha value is -2.80. The lowest BCUT2D eigenvalue weighted by Crippen LogP contribution is -2.16. The van der Waals surface area contributed by atoms with E-state index in [-0.39, 0.29) is 5.91 Å². The number of carbonyl (C=O) groups is 1. The van der Waals surface area contributed by atoms with Crippen LogP contribution in [0.3, 0.4) is 0 Å². The van der Waals surface area contributed by atoms with Crippen molar-refractivity contribution in [1.82, 2.24) is 4.98 Å². The first-order valence-corrected chi connectivity index (χ1v) is 9.86. The molecule has 3 heterocycles. The van der Waals surface area contributed by atoms with Crippen LogP contribution in [0.1, 0.15) is 35.1 Å². The van der Waals surface area contributed by atoms with Gasteiger partial charge in [-0.3, -0.25) is 4.79 Å². The van der Waals surface area contributed by atoms with Crippen LogP contribution in [-0.2, 0) is 6.42 Å². The van der Waals surface area contributed by atoms with Crippen LogP contribution in [0, 0.1) is 0 Å². The van der Waals surface area contributed by atoms with Gasteiger partial charge in [0, 0.05) is 22.8 Å². The standard InChI is InChI=1S/C20H21N3O3S/c1-2-3-4-12-5-7-14-17(21)18(27-20(14)23-12)19(24)22-13-6-8-15-16(11-13)26-10-9-25-15/h5-8,11H,2-4,9-10,21H2,1H3,(H,22,24). The first-order valence-electron chi connectivity index (χ1n) is 9.04. The second-order valence-corrected chi connectivity index (χ2v) is 7.42. The van der Waals surface area contributed by atoms with Gasteiger partial charge in [-0.1, -0.05) is 13.3 Å². The third-order valence-electron chi connectivity index (χ3n) is 4.44. The second kappa shape index (κ2) is 7.44. The maximum absolute atomic E-state index is 12.7. The Labute approximate surface area is 161 Å². The van der Waals surface area contributed by atoms with Crippen molar-refractivity contribution in [3.05, 3.63) is 40.9 Å². The van der Waals surface area contributed by atoms with E-state index in [1.165, 1.54) is 11.3 Å². The maximum Gasteiger partial charge on any atom is 0.267 e. The van der Waals surface area contributed by atoms with Crippen molar-refractivity contribution >= 4 is 38.8 Å². The summed E-state index contributed by atoms with van der Waals surface area (Å²) in [5.74, 6) is 1.07. The number of rotatable bonds is 5. The molecular formula is C20H21N3O3S. The summed E-state index contributed by atoms with van der Waals surface area (Å²) in [6.07, 6.45) is 3.15. The van der Waals surface area contributed by atoms with E-state index < -0.39 is 0 Å². The number of hydrogen-bond acceptors (Lipinski definition) is 6. The first-order chi connectivity index (χ1) is 13.2. The third kappa shape index (κ3) is 3.55. The molecule has 0 aliphatic carbocycles. The third-order valence-corrected chi connectivity index (χ3v) is 5.56. The SMILES string of the molecule is CCCCc1ccc2c(N)c(C(=O)Nc3ccc4c(c3)OCCO4)sc2n1. The van der Waals surface area contributed by atoms with Gasteiger partial charge >= 0.3 is 0 Å². The van der Waals surface area contributed by atoms with Crippen LogP contribution in [0.2, 0.25) is 0 Å². The van der Waals surface area contributed by atoms with E-state index in [0.717, 1.165) is 35.2 Å². The average molecular weight is 383 g/mol. The number of amides is 1. The van der Waals surface area contributed by atoms with Gasteiger partial charge in [-0.25, -0.2) is 4.98 Å². The monoisotopic (exact) mass is 383 g/mol. The summed E-state index contributed by atoms with van der Waals surface area (Å²) in [4.78, 5) is 18.7. The van der Waals surface area contributed by atoms with Crippen molar-refractivity contribution < 1.29 is 14.3 Å². The molecule has 2 aromatic heterocycles. The number of thiophene rings is 1. The summed E-state index contributed by atoms with van der Waals surface area (Å²) in [7, 11) is 0. The topological polar surface area (TPSA) is 86.5 Å². The largest absolute Gasteiger partial charge is 0.486 e. The van der Waals surface area contributed by atoms with Gasteiger partial charge in [0.05, 0.1) is 5.69 Å². The molecule has 4 rings (SSSR count). The van der Waals surface area contributed by atoms with E-state index in [2.05, 4.69) is 17.2 Å². The molecule has 0 saturated carbocycles. The number of benzene rings is 1. The van der Waals surface area contributed by atoms with E-state index in [1.807, 2.05) is 12.1 Å². The van der Waals surface area contributed by atoms with Crippen molar-refractivity contribution in [1.29, 1.82) is 0 Å². The van der Waals surface area contributed by atoms with Gasteiger partial charge in [0.25, 0.3) is 5.91 Å². The Morgan fingerprint density at radius 3 is 2.85 bits per heavy atom. The van der Waals surface area contributed by atoms with Crippen LogP contribution in [0.4, 0.5) is 11.4 Å². The molecule has 0 fully saturated rings. The van der Waals surface area contributed by atoms with Crippen LogP contribution in [0.5, 0.6) is 11.5 Å². The maximum atomic E-state index is 12.7. The highest BCUT2D eigenvalue weighted by atomic mass is 32.1. The minimum absolute atomic E-state index is 0.248. The van der Waals surface area contributed by atoms with Crippen LogP contribution < -0.4 is 20.5 Å². The summed E-state index contributed by atoms with van der Waals surface area (Å²) in [5, 5.41) is 3.71. The molecule has 7 heteroatoms. The number of nitrogen functional groups attached to an aromatic ring is 1. The first kappa shape index (κ1) is 17.6. The van der Waals surface area contributed by atoms with Crippen molar-refractivity contribution in [3.63, 3.8) is 0 Å². The summed E-state index contributed by atoms with van der Waals surface area (Å²) < 4.78 is 11.1. The molecule has 1 aromatic carbocycles. The number of nitrogens with zero attached hydrogens (tertiary/aromatic N) is 1. The highest BCUT2D eigenvalue weighted by Gasteiger charge is 2.19. The second-order valence-electron chi connectivity index (χ2n) is 6.42. The fraction of sp³-hybridized carbons (Fsp3) is 0.300. The number of unbranched alkanes of at least 4 members (excludes halogenated alkanes) is 1. The van der Waals surface area contributed by atoms with E-state index in [1.54, 1.807) is 18.2 Å². The van der Waals surface area contributed by atoms with Crippen LogP contribution in [-0.4, -0.2) is 24.1 Å². The Morgan fingerprint density at radius 1 is 1.22 bits per heavy atom. The average Bonchev–Trinajstić information content (AvgIpc) is 3.02. The number of aromatic nitrogens is 1. The number of ether oxygens (including phenoxy) is 2. The fourth-order valence-electron chi connectivity index (χ4n) is 3.01. The number of fused-ring (bicyclic) bond motifs is 2. The zero-order valence-electron chi connectivity index (χ0n) is 15.1. The Kier molecular flexibility index (Phi) is 4.85. The Balaban J connectivity index is 1.57. The van der Waals surface area contributed by atoms with E-state index in [4.69, 9.17) is 15.2 Å². The van der Waals surface area contributed by atoms with Gasteiger partial charge in [-0.2, -0.15) is 0 Å². The molecule has 140 valence electrons. The van der Waals surface area contributed by atoms with Crippen molar-refractivity contribution in [2.75, 3.05) is 24.3 Å². The Bertz CT molecular complexity index is 1000. The van der Waals surface area contributed by atoms with Crippen LogP contribution >= 0.6 is 11.3 Å². The molecule has 0 saturated heterocycles. The number of nitrogens with two attached hydrogens (primary N) is 1. The van der Waals surface area contributed by atoms with Crippen LogP contribution in [0.15, 0.2) is 30.3 Å². The number of aryl methyl sites for hydroxylation is 1. The summed E-state index contributed by atoms with van der Waals surface area (Å²) >= 11 is 1.32. The molecule has 0 bridgehead atoms. The molecule has 1 aliphatic heterocycles. The van der Waals surface area contributed by atoms with Crippen LogP contribution in [0.25, 0.3) is 10.2 Å². The van der Waals surface area contributed by atoms with E-state index in [0.29, 0.717) is 41.0 Å². The molecule has 1 amide bonds. The molecule has 3 N–H and O–H groups in total. The van der Waals surface area contributed by atoms with Crippen molar-refractivity contribution in [2.24, 2.45) is 0 Å². The highest BCUT2D eigenvalue weighted by molar-refractivity contribution is 7.21. The molecule has 0 atom stereocenters. The van der Waals surface area contributed by atoms with Gasteiger partial charge < -0.3 is 20.5 Å². The van der Waals surface area contributed by atoms with Gasteiger partial charge in [-0.15, -0.1) is 11.3 Å². The molecule has 0 unspecified atom stereocenters. The summed E-state index contributed by atoms with van der Waals surface area (Å²) in [5.41, 5.74) is 8.36. The normalized spacial score (nSPS) is 12.9. The zero-order valence-corrected chi connectivity index (χ0v) is 15.9. The van der Waals surface area contributed by atoms with E-state index in [9.17, 15) is 4.79 Å². The van der Waals surface area contributed by atoms with Crippen molar-refractivity contribution in [2.45, 2.75) is 26.2 Å². The fourth-order valence-corrected chi connectivity index (χ4v) is 4.02. The number of pyridine rings is 1. The summed E-state index contributed by atoms with van der Waals surface area (Å²) in [6.45, 7) is 3.19. The lowest BCUT2D eigenvalue weighted by Gasteiger charge is -2.18. The lowest BCUT2D eigenvalue weighted by molar-refractivity contribution is 0.103. The number of carbonyl (C=O) groups excluding carboxylic acids is 1. The molecular weight excluding hydrogens is 362 g/mol. The quantitative estimate of drug-likeness (QED) is 0.688. The predicted octanol–water partition coefficient (Wildman–Crippen LogP) is 4.24. The molecule has 6 nitrogen and oxygen atoms in total. The molecule has 3 aromatic rings. The molecule has 1 aliphatic rings. The molecule has 27 heavy (non-hydrogen) atoms. The smallest absolute Gasteiger partial charge is 0.267 e. The van der Waals surface area contributed by atoms with E-state index >= 15 is 0 Å². The van der Waals surface area contributed by atoms with Gasteiger partial charge in [0.2, 0.25) is 0 Å². The minimum atomic E-state index is -0.248. The number of hydrogen-bond donors (Lipinski definition) is 2. The minimum Gasteiger partial charge on any atom is -0.486 e. The predicted molar refractivity (Wildman–Crippen MR) is 108 cm³/mol. The lowest BCUT2D eigenvalue weighted by atomic mass is 10.1. The number of anilines is 2. The Morgan fingerprint density at radius 2 is 2.04 bits per heavy atom. The zero-order chi connectivity index (χ0) is 18.8. The van der Waals surface area contributed by atoms with Gasteiger partial charge in [-0.05, 0) is 37.1 Å². The van der Waals surface area contributed by atoms with Gasteiger partial charge in [0.15, 0.2) is 11.5 Å². The molecule has 0 radical (unpaired) electrons. The van der Waals surface area contributed by atoms with Gasteiger partial charge in [0.1, 0.15) is 22.9 Å². The number of nitrogens with one attached hydrogen (secondary N) is 1. The summed E-state index contributed by atoms with van der Waals surface area (Å²) in [6, 6.07) is 9.29. The van der Waals surface area contributed by atoms with Crippen molar-refractivity contribution in [3.8, 4) is 11.5 Å². The highest BCUT2D eigenvalue weighted by Crippen LogP contribution is 2.35.